The largest absolute Gasteiger partial charge is 0.486 e. The molecule has 0 saturated heterocycles. The summed E-state index contributed by atoms with van der Waals surface area (Å²) in [6.07, 6.45) is 5.80. The molecule has 4 heterocycles. The summed E-state index contributed by atoms with van der Waals surface area (Å²) in [5, 5.41) is 3.45. The Morgan fingerprint density at radius 3 is 2.88 bits per heavy atom. The minimum Gasteiger partial charge on any atom is -0.486 e. The van der Waals surface area contributed by atoms with Gasteiger partial charge in [-0.2, -0.15) is 0 Å². The summed E-state index contributed by atoms with van der Waals surface area (Å²) in [5.74, 6) is 0.520. The standard InChI is InChI=1S/C25H22ClN3O3S2/c1-13-12-29-20(14(2)28-25(29)33-13)4-7-23(31)27-11-18-9-17-8-16(10-19(26)24(17)32-18)22-6-5-21(34-22)15(3)30/h4-8,10,12,18H,9,11H2,1-3H3,(H,27,31). The van der Waals surface area contributed by atoms with Crippen LogP contribution in [-0.2, 0) is 11.2 Å². The topological polar surface area (TPSA) is 72.7 Å². The normalized spacial score (nSPS) is 15.1. The van der Waals surface area contributed by atoms with E-state index in [0.717, 1.165) is 37.2 Å². The third-order valence-corrected chi connectivity index (χ3v) is 8.06. The van der Waals surface area contributed by atoms with Crippen LogP contribution in [0, 0.1) is 13.8 Å². The van der Waals surface area contributed by atoms with Crippen LogP contribution in [0.1, 0.15) is 38.4 Å². The van der Waals surface area contributed by atoms with Crippen LogP contribution in [-0.4, -0.2) is 33.7 Å². The molecule has 174 valence electrons. The van der Waals surface area contributed by atoms with E-state index in [0.29, 0.717) is 23.7 Å². The average Bonchev–Trinajstić information content (AvgIpc) is 3.54. The van der Waals surface area contributed by atoms with Gasteiger partial charge >= 0.3 is 0 Å². The van der Waals surface area contributed by atoms with E-state index in [1.807, 2.05) is 42.6 Å². The Kier molecular flexibility index (Phi) is 6.06. The number of Topliss-reactive ketones (excluding diaryl/α,β-unsaturated/α-hetero) is 1. The molecule has 0 fully saturated rings. The highest BCUT2D eigenvalue weighted by molar-refractivity contribution is 7.17. The smallest absolute Gasteiger partial charge is 0.244 e. The van der Waals surface area contributed by atoms with Crippen molar-refractivity contribution in [2.24, 2.45) is 0 Å². The van der Waals surface area contributed by atoms with Crippen molar-refractivity contribution >= 4 is 57.0 Å². The van der Waals surface area contributed by atoms with Crippen LogP contribution >= 0.6 is 34.3 Å². The molecule has 3 aromatic heterocycles. The second-order valence-corrected chi connectivity index (χ2v) is 11.0. The number of carbonyl (C=O) groups excluding carboxylic acids is 2. The molecule has 1 aliphatic rings. The predicted octanol–water partition coefficient (Wildman–Crippen LogP) is 5.73. The molecule has 0 radical (unpaired) electrons. The number of benzene rings is 1. The Morgan fingerprint density at radius 2 is 2.12 bits per heavy atom. The molecule has 6 nitrogen and oxygen atoms in total. The fourth-order valence-corrected chi connectivity index (χ4v) is 6.09. The lowest BCUT2D eigenvalue weighted by Crippen LogP contribution is -2.33. The number of nitrogens with zero attached hydrogens (tertiary/aromatic N) is 2. The zero-order valence-corrected chi connectivity index (χ0v) is 21.2. The van der Waals surface area contributed by atoms with Crippen LogP contribution in [0.3, 0.4) is 0 Å². The van der Waals surface area contributed by atoms with Gasteiger partial charge in [0.2, 0.25) is 5.91 Å². The van der Waals surface area contributed by atoms with Crippen molar-refractivity contribution in [1.29, 1.82) is 0 Å². The van der Waals surface area contributed by atoms with E-state index in [1.54, 1.807) is 24.3 Å². The fraction of sp³-hybridized carbons (Fsp3) is 0.240. The Balaban J connectivity index is 1.23. The van der Waals surface area contributed by atoms with Gasteiger partial charge < -0.3 is 10.1 Å². The zero-order valence-electron chi connectivity index (χ0n) is 18.8. The molecule has 0 aliphatic carbocycles. The second-order valence-electron chi connectivity index (χ2n) is 8.27. The number of halogens is 1. The highest BCUT2D eigenvalue weighted by atomic mass is 35.5. The SMILES string of the molecule is CC(=O)c1ccc(-c2cc(Cl)c3c(c2)CC(CNC(=O)C=Cc2c(C)nc4sc(C)cn24)O3)s1. The predicted molar refractivity (Wildman–Crippen MR) is 137 cm³/mol. The molecule has 4 aromatic rings. The van der Waals surface area contributed by atoms with Crippen LogP contribution in [0.15, 0.2) is 36.5 Å². The van der Waals surface area contributed by atoms with Crippen molar-refractivity contribution in [3.05, 3.63) is 68.3 Å². The molecular weight excluding hydrogens is 490 g/mol. The van der Waals surface area contributed by atoms with Gasteiger partial charge in [-0.25, -0.2) is 4.98 Å². The van der Waals surface area contributed by atoms with Gasteiger partial charge in [0.25, 0.3) is 0 Å². The summed E-state index contributed by atoms with van der Waals surface area (Å²) in [5.41, 5.74) is 3.75. The van der Waals surface area contributed by atoms with Crippen molar-refractivity contribution in [2.45, 2.75) is 33.3 Å². The maximum atomic E-state index is 12.5. The third-order valence-electron chi connectivity index (χ3n) is 5.65. The van der Waals surface area contributed by atoms with Crippen LogP contribution in [0.25, 0.3) is 21.5 Å². The lowest BCUT2D eigenvalue weighted by atomic mass is 10.1. The fourth-order valence-electron chi connectivity index (χ4n) is 4.04. The summed E-state index contributed by atoms with van der Waals surface area (Å²) in [6.45, 7) is 5.90. The maximum absolute atomic E-state index is 12.5. The van der Waals surface area contributed by atoms with Crippen molar-refractivity contribution < 1.29 is 14.3 Å². The Labute approximate surface area is 209 Å². The van der Waals surface area contributed by atoms with Crippen LogP contribution in [0.2, 0.25) is 5.02 Å². The van der Waals surface area contributed by atoms with Gasteiger partial charge in [-0.3, -0.25) is 14.0 Å². The van der Waals surface area contributed by atoms with Gasteiger partial charge in [0.05, 0.1) is 27.8 Å². The molecular formula is C25H22ClN3O3S2. The number of ether oxygens (including phenoxy) is 1. The Bertz CT molecular complexity index is 1460. The van der Waals surface area contributed by atoms with Crippen molar-refractivity contribution in [3.8, 4) is 16.2 Å². The monoisotopic (exact) mass is 511 g/mol. The number of hydrogen-bond donors (Lipinski definition) is 1. The van der Waals surface area contributed by atoms with Gasteiger partial charge in [0.1, 0.15) is 11.9 Å². The number of thiazole rings is 1. The van der Waals surface area contributed by atoms with Crippen LogP contribution in [0.4, 0.5) is 0 Å². The number of aryl methyl sites for hydroxylation is 2. The Hall–Kier alpha value is -2.94. The Morgan fingerprint density at radius 1 is 1.29 bits per heavy atom. The molecule has 1 atom stereocenters. The number of carbonyl (C=O) groups is 2. The van der Waals surface area contributed by atoms with Gasteiger partial charge in [-0.1, -0.05) is 11.6 Å². The molecule has 1 aromatic carbocycles. The number of hydrogen-bond acceptors (Lipinski definition) is 6. The molecule has 1 aliphatic heterocycles. The molecule has 5 rings (SSSR count). The molecule has 0 bridgehead atoms. The number of ketones is 1. The van der Waals surface area contributed by atoms with Gasteiger partial charge in [0, 0.05) is 34.0 Å². The second kappa shape index (κ2) is 9.02. The third kappa shape index (κ3) is 4.41. The van der Waals surface area contributed by atoms with E-state index in [1.165, 1.54) is 22.3 Å². The molecule has 1 N–H and O–H groups in total. The highest BCUT2D eigenvalue weighted by Gasteiger charge is 2.26. The van der Waals surface area contributed by atoms with Gasteiger partial charge in [0.15, 0.2) is 10.7 Å². The number of aromatic nitrogens is 2. The molecule has 1 amide bonds. The lowest BCUT2D eigenvalue weighted by molar-refractivity contribution is -0.116. The van der Waals surface area contributed by atoms with Crippen molar-refractivity contribution in [2.75, 3.05) is 6.54 Å². The van der Waals surface area contributed by atoms with Crippen molar-refractivity contribution in [1.82, 2.24) is 14.7 Å². The molecule has 0 spiro atoms. The summed E-state index contributed by atoms with van der Waals surface area (Å²) in [7, 11) is 0. The van der Waals surface area contributed by atoms with E-state index < -0.39 is 0 Å². The first-order valence-corrected chi connectivity index (χ1v) is 12.8. The minimum atomic E-state index is -0.195. The van der Waals surface area contributed by atoms with E-state index in [9.17, 15) is 9.59 Å². The van der Waals surface area contributed by atoms with E-state index in [4.69, 9.17) is 16.3 Å². The number of rotatable bonds is 6. The molecule has 9 heteroatoms. The maximum Gasteiger partial charge on any atom is 0.244 e. The number of nitrogens with one attached hydrogen (secondary N) is 1. The molecule has 0 saturated carbocycles. The summed E-state index contributed by atoms with van der Waals surface area (Å²) >= 11 is 9.57. The van der Waals surface area contributed by atoms with Crippen LogP contribution in [0.5, 0.6) is 5.75 Å². The van der Waals surface area contributed by atoms with E-state index in [-0.39, 0.29) is 17.8 Å². The van der Waals surface area contributed by atoms with E-state index >= 15 is 0 Å². The number of fused-ring (bicyclic) bond motifs is 2. The van der Waals surface area contributed by atoms with Gasteiger partial charge in [-0.15, -0.1) is 22.7 Å². The van der Waals surface area contributed by atoms with Crippen molar-refractivity contribution in [3.63, 3.8) is 0 Å². The lowest BCUT2D eigenvalue weighted by Gasteiger charge is -2.11. The minimum absolute atomic E-state index is 0.0509. The quantitative estimate of drug-likeness (QED) is 0.265. The number of thiophene rings is 1. The summed E-state index contributed by atoms with van der Waals surface area (Å²) in [6, 6.07) is 7.68. The molecule has 1 unspecified atom stereocenters. The van der Waals surface area contributed by atoms with Crippen LogP contribution < -0.4 is 10.1 Å². The zero-order chi connectivity index (χ0) is 24.0. The number of amides is 1. The average molecular weight is 512 g/mol. The van der Waals surface area contributed by atoms with E-state index in [2.05, 4.69) is 16.4 Å². The first-order valence-electron chi connectivity index (χ1n) is 10.8. The molecule has 34 heavy (non-hydrogen) atoms. The van der Waals surface area contributed by atoms with Gasteiger partial charge in [-0.05, 0) is 56.7 Å². The first-order chi connectivity index (χ1) is 16.3. The summed E-state index contributed by atoms with van der Waals surface area (Å²) in [4.78, 5) is 32.4. The first kappa shape index (κ1) is 22.8. The highest BCUT2D eigenvalue weighted by Crippen LogP contribution is 2.41. The summed E-state index contributed by atoms with van der Waals surface area (Å²) < 4.78 is 8.02. The number of imidazole rings is 1.